The zero-order chi connectivity index (χ0) is 23.6. The van der Waals surface area contributed by atoms with Crippen molar-refractivity contribution in [3.05, 3.63) is 82.9 Å². The molecular weight excluding hydrogens is 434 g/mol. The zero-order valence-corrected chi connectivity index (χ0v) is 20.1. The van der Waals surface area contributed by atoms with Crippen molar-refractivity contribution in [3.8, 4) is 22.6 Å². The number of hydrogen-bond acceptors (Lipinski definition) is 4. The van der Waals surface area contributed by atoms with E-state index in [1.807, 2.05) is 18.2 Å². The molecule has 3 aliphatic rings. The Morgan fingerprint density at radius 3 is 2.49 bits per heavy atom. The van der Waals surface area contributed by atoms with E-state index in [0.29, 0.717) is 6.42 Å². The average molecular weight is 466 g/mol. The molecule has 3 aromatic rings. The molecule has 0 spiro atoms. The smallest absolute Gasteiger partial charge is 0.231 e. The van der Waals surface area contributed by atoms with Gasteiger partial charge in [-0.15, -0.1) is 0 Å². The van der Waals surface area contributed by atoms with Crippen LogP contribution in [0, 0.1) is 0 Å². The maximum Gasteiger partial charge on any atom is 0.231 e. The molecule has 0 aromatic heterocycles. The van der Waals surface area contributed by atoms with Crippen LogP contribution < -0.4 is 9.47 Å². The number of rotatable bonds is 7. The second-order valence-corrected chi connectivity index (χ2v) is 9.76. The average Bonchev–Trinajstić information content (AvgIpc) is 3.49. The monoisotopic (exact) mass is 465 g/mol. The van der Waals surface area contributed by atoms with E-state index in [-0.39, 0.29) is 12.6 Å². The number of likely N-dealkylation sites (tertiary alicyclic amines) is 1. The predicted octanol–water partition coefficient (Wildman–Crippen LogP) is 6.82. The molecule has 1 aliphatic carbocycles. The Bertz CT molecular complexity index is 1290. The molecule has 0 saturated carbocycles. The molecule has 0 bridgehead atoms. The van der Waals surface area contributed by atoms with E-state index >= 15 is 0 Å². The van der Waals surface area contributed by atoms with Crippen LogP contribution in [-0.4, -0.2) is 37.1 Å². The van der Waals surface area contributed by atoms with Crippen LogP contribution in [0.1, 0.15) is 65.6 Å². The summed E-state index contributed by atoms with van der Waals surface area (Å²) in [5.74, 6) is 1.80. The van der Waals surface area contributed by atoms with Gasteiger partial charge in [-0.05, 0) is 103 Å². The number of carbonyl (C=O) groups is 1. The SMILES string of the molecule is O=C(CCCCN1CCCCC1)c1ccc2c(c1)/C(=C/c1ccc3c(c1)OCO3)c1ccccc1-2. The standard InChI is InChI=1S/C31H31NO3/c33-29(10-4-7-17-32-15-5-1-6-16-32)23-12-13-26-24-8-2-3-9-25(24)27(28(26)20-23)18-22-11-14-30-31(19-22)35-21-34-30/h2-3,8-9,11-14,18-20H,1,4-7,10,15-17,21H2/b27-18+. The van der Waals surface area contributed by atoms with Gasteiger partial charge in [-0.1, -0.05) is 48.9 Å². The minimum absolute atomic E-state index is 0.241. The lowest BCUT2D eigenvalue weighted by Crippen LogP contribution is -2.30. The lowest BCUT2D eigenvalue weighted by atomic mass is 9.96. The highest BCUT2D eigenvalue weighted by atomic mass is 16.7. The van der Waals surface area contributed by atoms with Gasteiger partial charge in [0.2, 0.25) is 6.79 Å². The highest BCUT2D eigenvalue weighted by Gasteiger charge is 2.24. The van der Waals surface area contributed by atoms with E-state index < -0.39 is 0 Å². The Kier molecular flexibility index (Phi) is 6.13. The first-order valence-electron chi connectivity index (χ1n) is 12.9. The number of unbranched alkanes of at least 4 members (excludes halogenated alkanes) is 1. The fourth-order valence-corrected chi connectivity index (χ4v) is 5.55. The van der Waals surface area contributed by atoms with Crippen molar-refractivity contribution in [2.45, 2.75) is 38.5 Å². The fourth-order valence-electron chi connectivity index (χ4n) is 5.55. The molecule has 0 amide bonds. The summed E-state index contributed by atoms with van der Waals surface area (Å²) in [7, 11) is 0. The molecule has 3 aromatic carbocycles. The van der Waals surface area contributed by atoms with E-state index in [9.17, 15) is 4.79 Å². The molecule has 1 saturated heterocycles. The summed E-state index contributed by atoms with van der Waals surface area (Å²) in [5, 5.41) is 0. The predicted molar refractivity (Wildman–Crippen MR) is 140 cm³/mol. The first-order valence-corrected chi connectivity index (χ1v) is 12.9. The number of ketones is 1. The first kappa shape index (κ1) is 22.1. The van der Waals surface area contributed by atoms with Gasteiger partial charge in [-0.2, -0.15) is 0 Å². The Balaban J connectivity index is 1.23. The number of fused-ring (bicyclic) bond motifs is 4. The van der Waals surface area contributed by atoms with Gasteiger partial charge < -0.3 is 14.4 Å². The van der Waals surface area contributed by atoms with Crippen molar-refractivity contribution in [3.63, 3.8) is 0 Å². The van der Waals surface area contributed by atoms with Gasteiger partial charge in [0, 0.05) is 12.0 Å². The van der Waals surface area contributed by atoms with Crippen LogP contribution in [0.3, 0.4) is 0 Å². The Morgan fingerprint density at radius 1 is 0.800 bits per heavy atom. The van der Waals surface area contributed by atoms with Crippen molar-refractivity contribution >= 4 is 17.4 Å². The number of benzene rings is 3. The summed E-state index contributed by atoms with van der Waals surface area (Å²) >= 11 is 0. The van der Waals surface area contributed by atoms with Crippen molar-refractivity contribution in [2.75, 3.05) is 26.4 Å². The molecule has 2 heterocycles. The minimum Gasteiger partial charge on any atom is -0.454 e. The van der Waals surface area contributed by atoms with Gasteiger partial charge in [0.25, 0.3) is 0 Å². The zero-order valence-electron chi connectivity index (χ0n) is 20.1. The molecule has 35 heavy (non-hydrogen) atoms. The number of hydrogen-bond donors (Lipinski definition) is 0. The Hall–Kier alpha value is -3.37. The van der Waals surface area contributed by atoms with E-state index in [2.05, 4.69) is 53.4 Å². The minimum atomic E-state index is 0.241. The van der Waals surface area contributed by atoms with Crippen LogP contribution in [-0.2, 0) is 0 Å². The highest BCUT2D eigenvalue weighted by Crippen LogP contribution is 2.46. The summed E-state index contributed by atoms with van der Waals surface area (Å²) in [6.45, 7) is 3.83. The van der Waals surface area contributed by atoms with E-state index in [0.717, 1.165) is 53.1 Å². The van der Waals surface area contributed by atoms with Crippen LogP contribution in [0.4, 0.5) is 0 Å². The van der Waals surface area contributed by atoms with Crippen LogP contribution >= 0.6 is 0 Å². The topological polar surface area (TPSA) is 38.8 Å². The van der Waals surface area contributed by atoms with Gasteiger partial charge in [-0.25, -0.2) is 0 Å². The molecular formula is C31H31NO3. The molecule has 0 unspecified atom stereocenters. The molecule has 0 N–H and O–H groups in total. The summed E-state index contributed by atoms with van der Waals surface area (Å²) in [6, 6.07) is 20.7. The quantitative estimate of drug-likeness (QED) is 0.222. The molecule has 1 fully saturated rings. The molecule has 178 valence electrons. The van der Waals surface area contributed by atoms with Gasteiger partial charge in [0.05, 0.1) is 0 Å². The molecule has 6 rings (SSSR count). The van der Waals surface area contributed by atoms with Crippen molar-refractivity contribution in [1.29, 1.82) is 0 Å². The molecule has 0 radical (unpaired) electrons. The van der Waals surface area contributed by atoms with Crippen LogP contribution in [0.25, 0.3) is 22.8 Å². The second kappa shape index (κ2) is 9.71. The number of carbonyl (C=O) groups excluding carboxylic acids is 1. The lowest BCUT2D eigenvalue weighted by Gasteiger charge is -2.26. The summed E-state index contributed by atoms with van der Waals surface area (Å²) in [4.78, 5) is 15.6. The number of nitrogens with zero attached hydrogens (tertiary/aromatic N) is 1. The van der Waals surface area contributed by atoms with Gasteiger partial charge in [0.1, 0.15) is 0 Å². The third-order valence-corrected chi connectivity index (χ3v) is 7.42. The number of ether oxygens (including phenoxy) is 2. The van der Waals surface area contributed by atoms with Gasteiger partial charge >= 0.3 is 0 Å². The highest BCUT2D eigenvalue weighted by molar-refractivity contribution is 6.08. The summed E-state index contributed by atoms with van der Waals surface area (Å²) in [5.41, 5.74) is 7.75. The van der Waals surface area contributed by atoms with Crippen LogP contribution in [0.2, 0.25) is 0 Å². The van der Waals surface area contributed by atoms with Gasteiger partial charge in [-0.3, -0.25) is 4.79 Å². The lowest BCUT2D eigenvalue weighted by molar-refractivity contribution is 0.0977. The maximum atomic E-state index is 13.1. The first-order chi connectivity index (χ1) is 17.3. The molecule has 0 atom stereocenters. The molecule has 4 nitrogen and oxygen atoms in total. The van der Waals surface area contributed by atoms with E-state index in [1.54, 1.807) is 0 Å². The summed E-state index contributed by atoms with van der Waals surface area (Å²) in [6.07, 6.45) is 8.85. The maximum absolute atomic E-state index is 13.1. The van der Waals surface area contributed by atoms with Crippen molar-refractivity contribution < 1.29 is 14.3 Å². The fraction of sp³-hybridized carbons (Fsp3) is 0.323. The number of piperidine rings is 1. The third kappa shape index (κ3) is 4.51. The third-order valence-electron chi connectivity index (χ3n) is 7.42. The molecule has 4 heteroatoms. The van der Waals surface area contributed by atoms with E-state index in [1.165, 1.54) is 49.0 Å². The van der Waals surface area contributed by atoms with E-state index in [4.69, 9.17) is 9.47 Å². The van der Waals surface area contributed by atoms with Crippen molar-refractivity contribution in [1.82, 2.24) is 4.90 Å². The second-order valence-electron chi connectivity index (χ2n) is 9.76. The number of Topliss-reactive ketones (excluding diaryl/α,β-unsaturated/α-hetero) is 1. The normalized spacial score (nSPS) is 17.4. The Morgan fingerprint density at radius 2 is 1.60 bits per heavy atom. The van der Waals surface area contributed by atoms with Crippen LogP contribution in [0.5, 0.6) is 11.5 Å². The summed E-state index contributed by atoms with van der Waals surface area (Å²) < 4.78 is 11.0. The largest absolute Gasteiger partial charge is 0.454 e. The van der Waals surface area contributed by atoms with Crippen LogP contribution in [0.15, 0.2) is 60.7 Å². The Labute approximate surface area is 207 Å². The van der Waals surface area contributed by atoms with Crippen molar-refractivity contribution in [2.24, 2.45) is 0 Å². The molecule has 2 aliphatic heterocycles. The van der Waals surface area contributed by atoms with Gasteiger partial charge in [0.15, 0.2) is 17.3 Å².